The predicted molar refractivity (Wildman–Crippen MR) is 64.8 cm³/mol. The van der Waals surface area contributed by atoms with Crippen molar-refractivity contribution in [3.8, 4) is 0 Å². The lowest BCUT2D eigenvalue weighted by molar-refractivity contribution is -0.175. The number of carbonyl (C=O) groups excluding carboxylic acids is 1. The highest BCUT2D eigenvalue weighted by molar-refractivity contribution is 5.80. The van der Waals surface area contributed by atoms with Crippen LogP contribution in [0.2, 0.25) is 0 Å². The largest absolute Gasteiger partial charge is 0.465 e. The number of carbonyl (C=O) groups is 1. The maximum absolute atomic E-state index is 11.9. The summed E-state index contributed by atoms with van der Waals surface area (Å²) in [6.07, 6.45) is -4.24. The zero-order chi connectivity index (χ0) is 15.1. The van der Waals surface area contributed by atoms with Crippen LogP contribution < -0.4 is 5.32 Å². The molecule has 0 rings (SSSR count). The molecule has 0 heterocycles. The van der Waals surface area contributed by atoms with Gasteiger partial charge < -0.3 is 9.47 Å². The van der Waals surface area contributed by atoms with Gasteiger partial charge in [-0.25, -0.2) is 0 Å². The normalized spacial score (nSPS) is 15.4. The molecule has 1 atom stereocenters. The second-order valence-electron chi connectivity index (χ2n) is 4.77. The van der Waals surface area contributed by atoms with E-state index in [2.05, 4.69) is 10.1 Å². The summed E-state index contributed by atoms with van der Waals surface area (Å²) in [5.74, 6) is -0.487. The first-order valence-electron chi connectivity index (χ1n) is 6.20. The Morgan fingerprint density at radius 2 is 1.89 bits per heavy atom. The zero-order valence-electron chi connectivity index (χ0n) is 11.8. The van der Waals surface area contributed by atoms with E-state index in [-0.39, 0.29) is 25.7 Å². The van der Waals surface area contributed by atoms with Gasteiger partial charge >= 0.3 is 12.1 Å². The predicted octanol–water partition coefficient (Wildman–Crippen LogP) is 2.28. The molecule has 7 heteroatoms. The molecule has 0 aromatic rings. The zero-order valence-corrected chi connectivity index (χ0v) is 11.8. The SMILES string of the molecule is CCOC(=O)C(C)(CCOCC(F)(F)F)NC(C)C. The van der Waals surface area contributed by atoms with Crippen molar-refractivity contribution in [3.05, 3.63) is 0 Å². The molecule has 1 N–H and O–H groups in total. The van der Waals surface area contributed by atoms with E-state index in [9.17, 15) is 18.0 Å². The third kappa shape index (κ3) is 8.05. The Kier molecular flexibility index (Phi) is 7.36. The monoisotopic (exact) mass is 285 g/mol. The molecular weight excluding hydrogens is 263 g/mol. The third-order valence-corrected chi connectivity index (χ3v) is 2.35. The number of hydrogen-bond acceptors (Lipinski definition) is 4. The van der Waals surface area contributed by atoms with Gasteiger partial charge in [0.2, 0.25) is 0 Å². The van der Waals surface area contributed by atoms with Gasteiger partial charge in [-0.2, -0.15) is 13.2 Å². The number of rotatable bonds is 8. The van der Waals surface area contributed by atoms with Crippen LogP contribution in [-0.4, -0.2) is 43.5 Å². The Morgan fingerprint density at radius 1 is 1.32 bits per heavy atom. The third-order valence-electron chi connectivity index (χ3n) is 2.35. The van der Waals surface area contributed by atoms with E-state index < -0.39 is 24.3 Å². The summed E-state index contributed by atoms with van der Waals surface area (Å²) in [5.41, 5.74) is -1.05. The first-order chi connectivity index (χ1) is 8.60. The molecule has 0 aromatic carbocycles. The Morgan fingerprint density at radius 3 is 2.32 bits per heavy atom. The summed E-state index contributed by atoms with van der Waals surface area (Å²) < 4.78 is 45.3. The van der Waals surface area contributed by atoms with Crippen molar-refractivity contribution in [2.45, 2.75) is 51.9 Å². The summed E-state index contributed by atoms with van der Waals surface area (Å²) in [5, 5.41) is 3.00. The lowest BCUT2D eigenvalue weighted by Gasteiger charge is -2.30. The van der Waals surface area contributed by atoms with E-state index >= 15 is 0 Å². The molecule has 0 aliphatic carbocycles. The molecule has 0 amide bonds. The van der Waals surface area contributed by atoms with E-state index in [0.29, 0.717) is 0 Å². The number of hydrogen-bond donors (Lipinski definition) is 1. The average Bonchev–Trinajstić information content (AvgIpc) is 2.22. The fourth-order valence-electron chi connectivity index (χ4n) is 1.62. The quantitative estimate of drug-likeness (QED) is 0.549. The number of esters is 1. The van der Waals surface area contributed by atoms with E-state index in [1.54, 1.807) is 13.8 Å². The Bertz CT molecular complexity index is 282. The Balaban J connectivity index is 4.39. The van der Waals surface area contributed by atoms with E-state index in [1.165, 1.54) is 0 Å². The Labute approximate surface area is 111 Å². The molecule has 114 valence electrons. The van der Waals surface area contributed by atoms with Gasteiger partial charge in [-0.05, 0) is 34.1 Å². The topological polar surface area (TPSA) is 47.6 Å². The van der Waals surface area contributed by atoms with E-state index in [4.69, 9.17) is 4.74 Å². The first kappa shape index (κ1) is 18.2. The first-order valence-corrected chi connectivity index (χ1v) is 6.20. The van der Waals surface area contributed by atoms with Crippen molar-refractivity contribution in [3.63, 3.8) is 0 Å². The molecule has 4 nitrogen and oxygen atoms in total. The molecule has 1 unspecified atom stereocenters. The standard InChI is InChI=1S/C12H22F3NO3/c1-5-19-10(17)11(4,16-9(2)3)6-7-18-8-12(13,14)15/h9,16H,5-8H2,1-4H3. The molecule has 0 aliphatic heterocycles. The van der Waals surface area contributed by atoms with Crippen LogP contribution in [0, 0.1) is 0 Å². The molecular formula is C12H22F3NO3. The van der Waals surface area contributed by atoms with Gasteiger partial charge in [-0.1, -0.05) is 0 Å². The lowest BCUT2D eigenvalue weighted by atomic mass is 9.97. The minimum Gasteiger partial charge on any atom is -0.465 e. The fourth-order valence-corrected chi connectivity index (χ4v) is 1.62. The summed E-state index contributed by atoms with van der Waals surface area (Å²) >= 11 is 0. The molecule has 0 fully saturated rings. The van der Waals surface area contributed by atoms with Crippen LogP contribution in [0.15, 0.2) is 0 Å². The summed E-state index contributed by atoms with van der Waals surface area (Å²) in [7, 11) is 0. The van der Waals surface area contributed by atoms with Crippen LogP contribution >= 0.6 is 0 Å². The van der Waals surface area contributed by atoms with Crippen molar-refractivity contribution in [1.29, 1.82) is 0 Å². The minimum absolute atomic E-state index is 0.00276. The van der Waals surface area contributed by atoms with Crippen LogP contribution in [-0.2, 0) is 14.3 Å². The molecule has 0 saturated carbocycles. The van der Waals surface area contributed by atoms with Crippen LogP contribution in [0.1, 0.15) is 34.1 Å². The van der Waals surface area contributed by atoms with Gasteiger partial charge in [0.05, 0.1) is 6.61 Å². The maximum atomic E-state index is 11.9. The summed E-state index contributed by atoms with van der Waals surface area (Å²) in [4.78, 5) is 11.8. The number of ether oxygens (including phenoxy) is 2. The van der Waals surface area contributed by atoms with Crippen molar-refractivity contribution in [2.75, 3.05) is 19.8 Å². The minimum atomic E-state index is -4.36. The lowest BCUT2D eigenvalue weighted by Crippen LogP contribution is -2.53. The van der Waals surface area contributed by atoms with Crippen molar-refractivity contribution in [2.24, 2.45) is 0 Å². The van der Waals surface area contributed by atoms with Crippen molar-refractivity contribution < 1.29 is 27.4 Å². The van der Waals surface area contributed by atoms with Crippen LogP contribution in [0.25, 0.3) is 0 Å². The number of nitrogens with one attached hydrogen (secondary N) is 1. The molecule has 0 aromatic heterocycles. The fraction of sp³-hybridized carbons (Fsp3) is 0.917. The van der Waals surface area contributed by atoms with Gasteiger partial charge in [0, 0.05) is 12.6 Å². The number of alkyl halides is 3. The highest BCUT2D eigenvalue weighted by atomic mass is 19.4. The van der Waals surface area contributed by atoms with Crippen LogP contribution in [0.3, 0.4) is 0 Å². The Hall–Kier alpha value is -0.820. The summed E-state index contributed by atoms with van der Waals surface area (Å²) in [6, 6.07) is -0.00276. The molecule has 19 heavy (non-hydrogen) atoms. The molecule has 0 radical (unpaired) electrons. The molecule has 0 saturated heterocycles. The highest BCUT2D eigenvalue weighted by Gasteiger charge is 2.35. The van der Waals surface area contributed by atoms with Gasteiger partial charge in [0.15, 0.2) is 0 Å². The maximum Gasteiger partial charge on any atom is 0.411 e. The van der Waals surface area contributed by atoms with E-state index in [0.717, 1.165) is 0 Å². The van der Waals surface area contributed by atoms with Crippen LogP contribution in [0.5, 0.6) is 0 Å². The summed E-state index contributed by atoms with van der Waals surface area (Å²) in [6.45, 7) is 5.69. The van der Waals surface area contributed by atoms with Crippen molar-refractivity contribution >= 4 is 5.97 Å². The molecule has 0 bridgehead atoms. The average molecular weight is 285 g/mol. The smallest absolute Gasteiger partial charge is 0.411 e. The van der Waals surface area contributed by atoms with E-state index in [1.807, 2.05) is 13.8 Å². The van der Waals surface area contributed by atoms with Gasteiger partial charge in [-0.3, -0.25) is 10.1 Å². The number of halogens is 3. The highest BCUT2D eigenvalue weighted by Crippen LogP contribution is 2.17. The molecule has 0 aliphatic rings. The van der Waals surface area contributed by atoms with Crippen LogP contribution in [0.4, 0.5) is 13.2 Å². The van der Waals surface area contributed by atoms with Gasteiger partial charge in [0.25, 0.3) is 0 Å². The second kappa shape index (κ2) is 7.69. The van der Waals surface area contributed by atoms with Gasteiger partial charge in [0.1, 0.15) is 12.1 Å². The van der Waals surface area contributed by atoms with Gasteiger partial charge in [-0.15, -0.1) is 0 Å². The second-order valence-corrected chi connectivity index (χ2v) is 4.77. The van der Waals surface area contributed by atoms with Crippen molar-refractivity contribution in [1.82, 2.24) is 5.32 Å². The molecule has 0 spiro atoms.